The molecule has 0 bridgehead atoms. The molecule has 0 aromatic carbocycles. The lowest BCUT2D eigenvalue weighted by atomic mass is 10.0. The van der Waals surface area contributed by atoms with Crippen molar-refractivity contribution in [1.82, 2.24) is 19.9 Å². The second kappa shape index (κ2) is 6.74. The zero-order valence-corrected chi connectivity index (χ0v) is 11.9. The second-order valence-corrected chi connectivity index (χ2v) is 5.02. The Bertz CT molecular complexity index is 603. The molecule has 1 unspecified atom stereocenters. The Labute approximate surface area is 122 Å². The van der Waals surface area contributed by atoms with Crippen LogP contribution in [-0.4, -0.2) is 37.1 Å². The first-order valence-corrected chi connectivity index (χ1v) is 6.65. The maximum atomic E-state index is 11.3. The summed E-state index contributed by atoms with van der Waals surface area (Å²) in [6.45, 7) is 3.93. The van der Waals surface area contributed by atoms with Crippen molar-refractivity contribution in [3.63, 3.8) is 0 Å². The highest BCUT2D eigenvalue weighted by Gasteiger charge is 2.19. The molecule has 2 aromatic rings. The number of anilines is 1. The van der Waals surface area contributed by atoms with E-state index in [0.717, 1.165) is 0 Å². The van der Waals surface area contributed by atoms with Crippen LogP contribution in [0, 0.1) is 5.92 Å². The average molecular weight is 287 g/mol. The summed E-state index contributed by atoms with van der Waals surface area (Å²) < 4.78 is 0. The van der Waals surface area contributed by atoms with Gasteiger partial charge in [0.05, 0.1) is 11.9 Å². The van der Waals surface area contributed by atoms with Crippen LogP contribution in [0.3, 0.4) is 0 Å². The first kappa shape index (κ1) is 14.8. The van der Waals surface area contributed by atoms with E-state index in [2.05, 4.69) is 25.3 Å². The Hall–Kier alpha value is -2.57. The van der Waals surface area contributed by atoms with Crippen molar-refractivity contribution in [1.29, 1.82) is 0 Å². The van der Waals surface area contributed by atoms with E-state index in [0.29, 0.717) is 17.8 Å². The summed E-state index contributed by atoms with van der Waals surface area (Å²) in [5.74, 6) is -0.398. The van der Waals surface area contributed by atoms with Gasteiger partial charge in [0, 0.05) is 18.6 Å². The molecule has 0 saturated heterocycles. The van der Waals surface area contributed by atoms with Gasteiger partial charge in [-0.2, -0.15) is 0 Å². The molecule has 7 nitrogen and oxygen atoms in total. The molecule has 110 valence electrons. The minimum absolute atomic E-state index is 0.252. The number of nitrogens with zero attached hydrogens (tertiary/aromatic N) is 4. The first-order chi connectivity index (χ1) is 10.1. The van der Waals surface area contributed by atoms with Crippen molar-refractivity contribution in [2.45, 2.75) is 26.3 Å². The number of nitrogens with one attached hydrogen (secondary N) is 1. The minimum atomic E-state index is -0.919. The van der Waals surface area contributed by atoms with Crippen molar-refractivity contribution in [2.24, 2.45) is 5.92 Å². The van der Waals surface area contributed by atoms with Gasteiger partial charge in [0.1, 0.15) is 11.7 Å². The highest BCUT2D eigenvalue weighted by molar-refractivity contribution is 5.76. The lowest BCUT2D eigenvalue weighted by Gasteiger charge is -2.16. The van der Waals surface area contributed by atoms with Crippen molar-refractivity contribution < 1.29 is 9.90 Å². The molecule has 0 aliphatic heterocycles. The fourth-order valence-electron chi connectivity index (χ4n) is 1.85. The Balaban J connectivity index is 2.19. The molecule has 21 heavy (non-hydrogen) atoms. The maximum absolute atomic E-state index is 11.3. The summed E-state index contributed by atoms with van der Waals surface area (Å²) in [5, 5.41) is 12.1. The Kier molecular flexibility index (Phi) is 4.76. The van der Waals surface area contributed by atoms with Crippen molar-refractivity contribution in [3.8, 4) is 11.4 Å². The van der Waals surface area contributed by atoms with Gasteiger partial charge in [-0.05, 0) is 18.4 Å². The molecule has 1 atom stereocenters. The lowest BCUT2D eigenvalue weighted by molar-refractivity contribution is -0.138. The second-order valence-electron chi connectivity index (χ2n) is 5.02. The Morgan fingerprint density at radius 2 is 2.05 bits per heavy atom. The standard InChI is InChI=1S/C14H17N5O2/c1-9(2)7-11(13(20)21)19-14-17-4-3-10(18-14)12-8-15-5-6-16-12/h3-6,8-9,11H,7H2,1-2H3,(H,20,21)(H,17,18,19). The van der Waals surface area contributed by atoms with Crippen LogP contribution in [0.25, 0.3) is 11.4 Å². The summed E-state index contributed by atoms with van der Waals surface area (Å²) in [7, 11) is 0. The van der Waals surface area contributed by atoms with E-state index < -0.39 is 12.0 Å². The van der Waals surface area contributed by atoms with E-state index >= 15 is 0 Å². The predicted octanol–water partition coefficient (Wildman–Crippen LogP) is 1.84. The number of hydrogen-bond donors (Lipinski definition) is 2. The van der Waals surface area contributed by atoms with E-state index in [4.69, 9.17) is 0 Å². The van der Waals surface area contributed by atoms with Gasteiger partial charge in [0.25, 0.3) is 0 Å². The van der Waals surface area contributed by atoms with Gasteiger partial charge in [0.15, 0.2) is 0 Å². The van der Waals surface area contributed by atoms with Crippen molar-refractivity contribution in [3.05, 3.63) is 30.9 Å². The topological polar surface area (TPSA) is 101 Å². The van der Waals surface area contributed by atoms with E-state index in [9.17, 15) is 9.90 Å². The van der Waals surface area contributed by atoms with Crippen LogP contribution in [0.4, 0.5) is 5.95 Å². The predicted molar refractivity (Wildman–Crippen MR) is 77.6 cm³/mol. The minimum Gasteiger partial charge on any atom is -0.480 e. The number of carboxylic acids is 1. The fourth-order valence-corrected chi connectivity index (χ4v) is 1.85. The summed E-state index contributed by atoms with van der Waals surface area (Å²) in [6, 6.07) is 0.982. The number of aliphatic carboxylic acids is 1. The van der Waals surface area contributed by atoms with Crippen LogP contribution < -0.4 is 5.32 Å². The normalized spacial score (nSPS) is 12.1. The average Bonchev–Trinajstić information content (AvgIpc) is 2.47. The molecule has 7 heteroatoms. The van der Waals surface area contributed by atoms with Crippen molar-refractivity contribution >= 4 is 11.9 Å². The third kappa shape index (κ3) is 4.20. The third-order valence-electron chi connectivity index (χ3n) is 2.79. The molecule has 2 aromatic heterocycles. The molecule has 2 heterocycles. The fraction of sp³-hybridized carbons (Fsp3) is 0.357. The molecule has 0 amide bonds. The number of rotatable bonds is 6. The monoisotopic (exact) mass is 287 g/mol. The maximum Gasteiger partial charge on any atom is 0.326 e. The summed E-state index contributed by atoms with van der Waals surface area (Å²) in [4.78, 5) is 27.7. The van der Waals surface area contributed by atoms with Gasteiger partial charge in [-0.15, -0.1) is 0 Å². The van der Waals surface area contributed by atoms with Crippen LogP contribution in [0.2, 0.25) is 0 Å². The van der Waals surface area contributed by atoms with Gasteiger partial charge in [-0.3, -0.25) is 9.97 Å². The third-order valence-corrected chi connectivity index (χ3v) is 2.79. The van der Waals surface area contributed by atoms with Gasteiger partial charge in [-0.1, -0.05) is 13.8 Å². The smallest absolute Gasteiger partial charge is 0.326 e. The zero-order valence-electron chi connectivity index (χ0n) is 11.9. The van der Waals surface area contributed by atoms with Gasteiger partial charge in [0.2, 0.25) is 5.95 Å². The van der Waals surface area contributed by atoms with Crippen LogP contribution in [0.5, 0.6) is 0 Å². The van der Waals surface area contributed by atoms with Gasteiger partial charge in [-0.25, -0.2) is 14.8 Å². The summed E-state index contributed by atoms with van der Waals surface area (Å²) in [5.41, 5.74) is 1.20. The van der Waals surface area contributed by atoms with Gasteiger partial charge < -0.3 is 10.4 Å². The molecular formula is C14H17N5O2. The molecule has 0 spiro atoms. The van der Waals surface area contributed by atoms with E-state index in [1.54, 1.807) is 30.9 Å². The van der Waals surface area contributed by atoms with E-state index in [1.165, 1.54) is 0 Å². The quantitative estimate of drug-likeness (QED) is 0.836. The summed E-state index contributed by atoms with van der Waals surface area (Å²) in [6.07, 6.45) is 6.80. The van der Waals surface area contributed by atoms with Gasteiger partial charge >= 0.3 is 5.97 Å². The summed E-state index contributed by atoms with van der Waals surface area (Å²) >= 11 is 0. The molecule has 0 fully saturated rings. The molecule has 0 aliphatic carbocycles. The number of carboxylic acid groups (broad SMARTS) is 1. The van der Waals surface area contributed by atoms with E-state index in [1.807, 2.05) is 13.8 Å². The largest absolute Gasteiger partial charge is 0.480 e. The Morgan fingerprint density at radius 3 is 2.67 bits per heavy atom. The van der Waals surface area contributed by atoms with Crippen LogP contribution in [0.15, 0.2) is 30.9 Å². The highest BCUT2D eigenvalue weighted by atomic mass is 16.4. The Morgan fingerprint density at radius 1 is 1.24 bits per heavy atom. The van der Waals surface area contributed by atoms with Crippen molar-refractivity contribution in [2.75, 3.05) is 5.32 Å². The number of carbonyl (C=O) groups is 1. The molecule has 0 radical (unpaired) electrons. The molecule has 2 N–H and O–H groups in total. The van der Waals surface area contributed by atoms with Crippen LogP contribution in [-0.2, 0) is 4.79 Å². The molecular weight excluding hydrogens is 270 g/mol. The number of aromatic nitrogens is 4. The van der Waals surface area contributed by atoms with E-state index in [-0.39, 0.29) is 11.9 Å². The molecule has 0 saturated carbocycles. The molecule has 2 rings (SSSR count). The van der Waals surface area contributed by atoms with Crippen LogP contribution >= 0.6 is 0 Å². The van der Waals surface area contributed by atoms with Crippen LogP contribution in [0.1, 0.15) is 20.3 Å². The zero-order chi connectivity index (χ0) is 15.2. The highest BCUT2D eigenvalue weighted by Crippen LogP contribution is 2.15. The number of hydrogen-bond acceptors (Lipinski definition) is 6. The SMILES string of the molecule is CC(C)CC(Nc1nccc(-c2cnccn2)n1)C(=O)O. The first-order valence-electron chi connectivity index (χ1n) is 6.65. The lowest BCUT2D eigenvalue weighted by Crippen LogP contribution is -2.31. The molecule has 0 aliphatic rings.